The van der Waals surface area contributed by atoms with Crippen molar-refractivity contribution in [3.05, 3.63) is 42.7 Å². The number of aryl methyl sites for hydroxylation is 1. The fraction of sp³-hybridized carbons (Fsp3) is 0.429. The summed E-state index contributed by atoms with van der Waals surface area (Å²) in [5.41, 5.74) is 0. The average molecular weight is 344 g/mol. The lowest BCUT2D eigenvalue weighted by Crippen LogP contribution is -2.30. The summed E-state index contributed by atoms with van der Waals surface area (Å²) < 4.78 is 1.21. The fourth-order valence-electron chi connectivity index (χ4n) is 2.07. The number of hydrogen-bond donors (Lipinski definition) is 1. The zero-order valence-electron chi connectivity index (χ0n) is 10.9. The van der Waals surface area contributed by atoms with Crippen LogP contribution >= 0.6 is 38.6 Å². The minimum absolute atomic E-state index is 0.399. The summed E-state index contributed by atoms with van der Waals surface area (Å²) in [5.74, 6) is 0. The molecule has 0 bridgehead atoms. The van der Waals surface area contributed by atoms with E-state index in [1.165, 1.54) is 19.1 Å². The molecule has 2 unspecified atom stereocenters. The highest BCUT2D eigenvalue weighted by Gasteiger charge is 2.14. The van der Waals surface area contributed by atoms with Crippen molar-refractivity contribution < 1.29 is 0 Å². The Labute approximate surface area is 125 Å². The van der Waals surface area contributed by atoms with Gasteiger partial charge in [-0.05, 0) is 66.7 Å². The van der Waals surface area contributed by atoms with Crippen molar-refractivity contribution in [2.75, 3.05) is 0 Å². The number of nitrogens with one attached hydrogen (secondary N) is 1. The molecule has 2 aromatic rings. The Balaban J connectivity index is 1.91. The van der Waals surface area contributed by atoms with Gasteiger partial charge < -0.3 is 5.32 Å². The molecule has 1 nitrogen and oxygen atoms in total. The van der Waals surface area contributed by atoms with Crippen molar-refractivity contribution in [2.24, 2.45) is 0 Å². The molecule has 18 heavy (non-hydrogen) atoms. The molecule has 0 aliphatic heterocycles. The molecule has 1 N–H and O–H groups in total. The predicted octanol–water partition coefficient (Wildman–Crippen LogP) is 5.16. The maximum atomic E-state index is 3.67. The number of rotatable bonds is 5. The minimum Gasteiger partial charge on any atom is -0.307 e. The lowest BCUT2D eigenvalue weighted by atomic mass is 10.1. The highest BCUT2D eigenvalue weighted by molar-refractivity contribution is 9.10. The first-order valence-corrected chi connectivity index (χ1v) is 8.59. The van der Waals surface area contributed by atoms with Gasteiger partial charge in [-0.3, -0.25) is 0 Å². The molecule has 0 saturated carbocycles. The topological polar surface area (TPSA) is 12.0 Å². The molecule has 98 valence electrons. The second-order valence-electron chi connectivity index (χ2n) is 4.64. The molecule has 0 saturated heterocycles. The van der Waals surface area contributed by atoms with Crippen LogP contribution in [0.3, 0.4) is 0 Å². The smallest absolute Gasteiger partial charge is 0.0399 e. The first-order chi connectivity index (χ1) is 8.56. The van der Waals surface area contributed by atoms with Gasteiger partial charge >= 0.3 is 0 Å². The molecule has 2 aromatic heterocycles. The van der Waals surface area contributed by atoms with Gasteiger partial charge in [0.25, 0.3) is 0 Å². The molecule has 2 atom stereocenters. The Morgan fingerprint density at radius 3 is 2.61 bits per heavy atom. The Morgan fingerprint density at radius 2 is 2.06 bits per heavy atom. The molecule has 0 aliphatic carbocycles. The maximum Gasteiger partial charge on any atom is 0.0399 e. The Hall–Kier alpha value is -0.160. The lowest BCUT2D eigenvalue weighted by Gasteiger charge is -2.19. The van der Waals surface area contributed by atoms with Gasteiger partial charge in [-0.1, -0.05) is 0 Å². The molecular formula is C14H18BrNS2. The van der Waals surface area contributed by atoms with E-state index in [9.17, 15) is 0 Å². The number of thiophene rings is 2. The van der Waals surface area contributed by atoms with Crippen LogP contribution in [0.1, 0.15) is 34.5 Å². The van der Waals surface area contributed by atoms with Crippen LogP contribution in [0.15, 0.2) is 28.1 Å². The highest BCUT2D eigenvalue weighted by atomic mass is 79.9. The SMILES string of the molecule is Cc1ccc(CC(C)NC(C)c2sccc2Br)s1. The Bertz CT molecular complexity index is 503. The first kappa shape index (κ1) is 14.3. The van der Waals surface area contributed by atoms with Gasteiger partial charge in [-0.15, -0.1) is 22.7 Å². The largest absolute Gasteiger partial charge is 0.307 e. The van der Waals surface area contributed by atoms with Crippen LogP contribution in [-0.4, -0.2) is 6.04 Å². The van der Waals surface area contributed by atoms with Gasteiger partial charge in [0, 0.05) is 31.2 Å². The normalized spacial score (nSPS) is 14.7. The Morgan fingerprint density at radius 1 is 1.28 bits per heavy atom. The molecule has 2 heterocycles. The van der Waals surface area contributed by atoms with E-state index in [0.717, 1.165) is 6.42 Å². The first-order valence-electron chi connectivity index (χ1n) is 6.10. The molecular weight excluding hydrogens is 326 g/mol. The molecule has 2 rings (SSSR count). The minimum atomic E-state index is 0.399. The van der Waals surface area contributed by atoms with Crippen LogP contribution in [0, 0.1) is 6.92 Å². The summed E-state index contributed by atoms with van der Waals surface area (Å²) in [6, 6.07) is 7.45. The fourth-order valence-corrected chi connectivity index (χ4v) is 4.83. The van der Waals surface area contributed by atoms with Crippen molar-refractivity contribution in [1.82, 2.24) is 5.32 Å². The van der Waals surface area contributed by atoms with Crippen LogP contribution in [0.25, 0.3) is 0 Å². The molecule has 4 heteroatoms. The zero-order valence-corrected chi connectivity index (χ0v) is 14.1. The third-order valence-corrected chi connectivity index (χ3v) is 5.95. The van der Waals surface area contributed by atoms with Crippen LogP contribution < -0.4 is 5.32 Å². The van der Waals surface area contributed by atoms with E-state index >= 15 is 0 Å². The summed E-state index contributed by atoms with van der Waals surface area (Å²) in [4.78, 5) is 4.24. The average Bonchev–Trinajstić information content (AvgIpc) is 2.87. The van der Waals surface area contributed by atoms with Crippen molar-refractivity contribution in [3.8, 4) is 0 Å². The van der Waals surface area contributed by atoms with Crippen molar-refractivity contribution in [3.63, 3.8) is 0 Å². The maximum absolute atomic E-state index is 3.67. The summed E-state index contributed by atoms with van der Waals surface area (Å²) in [7, 11) is 0. The van der Waals surface area contributed by atoms with Crippen molar-refractivity contribution in [1.29, 1.82) is 0 Å². The van der Waals surface area contributed by atoms with Gasteiger partial charge in [0.15, 0.2) is 0 Å². The number of hydrogen-bond acceptors (Lipinski definition) is 3. The van der Waals surface area contributed by atoms with E-state index < -0.39 is 0 Å². The molecule has 0 radical (unpaired) electrons. The molecule has 0 aromatic carbocycles. The van der Waals surface area contributed by atoms with E-state index in [1.54, 1.807) is 11.3 Å². The van der Waals surface area contributed by atoms with E-state index in [4.69, 9.17) is 0 Å². The van der Waals surface area contributed by atoms with E-state index in [-0.39, 0.29) is 0 Å². The van der Waals surface area contributed by atoms with Crippen molar-refractivity contribution in [2.45, 2.75) is 39.3 Å². The standard InChI is InChI=1S/C14H18BrNS2/c1-9(8-12-5-4-10(2)18-12)16-11(3)14-13(15)6-7-17-14/h4-7,9,11,16H,8H2,1-3H3. The molecule has 0 amide bonds. The van der Waals surface area contributed by atoms with Gasteiger partial charge in [0.2, 0.25) is 0 Å². The van der Waals surface area contributed by atoms with Crippen LogP contribution in [0.2, 0.25) is 0 Å². The predicted molar refractivity (Wildman–Crippen MR) is 85.8 cm³/mol. The van der Waals surface area contributed by atoms with Gasteiger partial charge in [-0.25, -0.2) is 0 Å². The summed E-state index contributed by atoms with van der Waals surface area (Å²) >= 11 is 7.30. The third-order valence-electron chi connectivity index (χ3n) is 2.88. The van der Waals surface area contributed by atoms with Crippen LogP contribution in [0.4, 0.5) is 0 Å². The second-order valence-corrected chi connectivity index (χ2v) is 7.81. The van der Waals surface area contributed by atoms with E-state index in [0.29, 0.717) is 12.1 Å². The monoisotopic (exact) mass is 343 g/mol. The van der Waals surface area contributed by atoms with Gasteiger partial charge in [-0.2, -0.15) is 0 Å². The summed E-state index contributed by atoms with van der Waals surface area (Å²) in [5, 5.41) is 5.80. The highest BCUT2D eigenvalue weighted by Crippen LogP contribution is 2.29. The van der Waals surface area contributed by atoms with E-state index in [1.807, 2.05) is 11.3 Å². The van der Waals surface area contributed by atoms with Crippen LogP contribution in [-0.2, 0) is 6.42 Å². The lowest BCUT2D eigenvalue weighted by molar-refractivity contribution is 0.483. The third kappa shape index (κ3) is 3.67. The number of halogens is 1. The van der Waals surface area contributed by atoms with Crippen LogP contribution in [0.5, 0.6) is 0 Å². The summed E-state index contributed by atoms with van der Waals surface area (Å²) in [6.45, 7) is 6.65. The summed E-state index contributed by atoms with van der Waals surface area (Å²) in [6.07, 6.45) is 1.10. The van der Waals surface area contributed by atoms with Gasteiger partial charge in [0.1, 0.15) is 0 Å². The molecule has 0 spiro atoms. The van der Waals surface area contributed by atoms with Crippen molar-refractivity contribution >= 4 is 38.6 Å². The quantitative estimate of drug-likeness (QED) is 0.790. The van der Waals surface area contributed by atoms with Gasteiger partial charge in [0.05, 0.1) is 0 Å². The second kappa shape index (κ2) is 6.33. The molecule has 0 fully saturated rings. The zero-order chi connectivity index (χ0) is 13.1. The van der Waals surface area contributed by atoms with E-state index in [2.05, 4.69) is 65.6 Å². The molecule has 0 aliphatic rings. The Kier molecular flexibility index (Phi) is 5.01.